The predicted molar refractivity (Wildman–Crippen MR) is 72.5 cm³/mol. The number of benzene rings is 1. The number of hydrogen-bond donors (Lipinski definition) is 1. The van der Waals surface area contributed by atoms with Crippen LogP contribution in [0, 0.1) is 11.6 Å². The first-order valence-electron chi connectivity index (χ1n) is 6.49. The first-order chi connectivity index (χ1) is 9.65. The largest absolute Gasteiger partial charge is 0.399 e. The summed E-state index contributed by atoms with van der Waals surface area (Å²) in [6.07, 6.45) is 4.11. The third kappa shape index (κ3) is 2.49. The Kier molecular flexibility index (Phi) is 3.60. The third-order valence-corrected chi connectivity index (χ3v) is 4.37. The summed E-state index contributed by atoms with van der Waals surface area (Å²) in [5.74, 6) is -0.446. The highest BCUT2D eigenvalue weighted by molar-refractivity contribution is 7.99. The molecule has 1 aliphatic rings. The van der Waals surface area contributed by atoms with Gasteiger partial charge in [-0.1, -0.05) is 6.42 Å². The van der Waals surface area contributed by atoms with E-state index in [0.717, 1.165) is 61.9 Å². The van der Waals surface area contributed by atoms with Crippen molar-refractivity contribution in [2.45, 2.75) is 42.3 Å². The van der Waals surface area contributed by atoms with Crippen LogP contribution in [0.15, 0.2) is 22.2 Å². The number of nitrogens with zero attached hydrogens (tertiary/aromatic N) is 3. The molecule has 1 aromatic carbocycles. The highest BCUT2D eigenvalue weighted by atomic mass is 32.2. The van der Waals surface area contributed by atoms with Crippen LogP contribution in [0.5, 0.6) is 0 Å². The maximum atomic E-state index is 13.8. The normalized spacial score (nSPS) is 14.9. The van der Waals surface area contributed by atoms with Gasteiger partial charge in [0.2, 0.25) is 0 Å². The average Bonchev–Trinajstić information content (AvgIpc) is 2.62. The maximum absolute atomic E-state index is 13.8. The molecule has 0 fully saturated rings. The molecule has 2 N–H and O–H groups in total. The summed E-state index contributed by atoms with van der Waals surface area (Å²) in [6.45, 7) is 0.795. The molecule has 7 heteroatoms. The monoisotopic (exact) mass is 296 g/mol. The van der Waals surface area contributed by atoms with Gasteiger partial charge in [0.25, 0.3) is 0 Å². The van der Waals surface area contributed by atoms with Crippen LogP contribution in [0.4, 0.5) is 14.5 Å². The van der Waals surface area contributed by atoms with Gasteiger partial charge in [-0.2, -0.15) is 0 Å². The van der Waals surface area contributed by atoms with Gasteiger partial charge in [0.1, 0.15) is 17.5 Å². The van der Waals surface area contributed by atoms with Crippen molar-refractivity contribution in [3.8, 4) is 0 Å². The van der Waals surface area contributed by atoms with E-state index in [2.05, 4.69) is 10.2 Å². The van der Waals surface area contributed by atoms with Crippen LogP contribution >= 0.6 is 11.8 Å². The first-order valence-corrected chi connectivity index (χ1v) is 7.31. The zero-order chi connectivity index (χ0) is 14.1. The van der Waals surface area contributed by atoms with Crippen molar-refractivity contribution in [1.82, 2.24) is 14.8 Å². The fourth-order valence-corrected chi connectivity index (χ4v) is 3.19. The molecule has 3 rings (SSSR count). The smallest absolute Gasteiger partial charge is 0.196 e. The van der Waals surface area contributed by atoms with Crippen molar-refractivity contribution < 1.29 is 8.78 Å². The molecule has 0 aliphatic carbocycles. The summed E-state index contributed by atoms with van der Waals surface area (Å²) >= 11 is 0.964. The minimum atomic E-state index is -0.668. The van der Waals surface area contributed by atoms with E-state index in [1.54, 1.807) is 0 Å². The average molecular weight is 296 g/mol. The Balaban J connectivity index is 1.94. The van der Waals surface area contributed by atoms with Crippen molar-refractivity contribution in [1.29, 1.82) is 0 Å². The molecule has 106 valence electrons. The van der Waals surface area contributed by atoms with Crippen LogP contribution in [0.1, 0.15) is 25.1 Å². The Hall–Kier alpha value is -1.63. The fraction of sp³-hybridized carbons (Fsp3) is 0.385. The van der Waals surface area contributed by atoms with Gasteiger partial charge in [0.15, 0.2) is 5.16 Å². The zero-order valence-corrected chi connectivity index (χ0v) is 11.6. The van der Waals surface area contributed by atoms with Crippen LogP contribution in [-0.2, 0) is 13.0 Å². The number of aromatic nitrogens is 3. The molecule has 0 unspecified atom stereocenters. The van der Waals surface area contributed by atoms with Gasteiger partial charge >= 0.3 is 0 Å². The van der Waals surface area contributed by atoms with Crippen molar-refractivity contribution in [2.24, 2.45) is 0 Å². The second-order valence-corrected chi connectivity index (χ2v) is 5.75. The highest BCUT2D eigenvalue weighted by Crippen LogP contribution is 2.33. The van der Waals surface area contributed by atoms with E-state index < -0.39 is 11.6 Å². The Labute approximate surface area is 119 Å². The summed E-state index contributed by atoms with van der Waals surface area (Å²) in [6, 6.07) is 2.23. The summed E-state index contributed by atoms with van der Waals surface area (Å²) in [5.41, 5.74) is 5.48. The minimum absolute atomic E-state index is 0.0735. The molecule has 4 nitrogen and oxygen atoms in total. The quantitative estimate of drug-likeness (QED) is 0.866. The van der Waals surface area contributed by atoms with Gasteiger partial charge in [-0.15, -0.1) is 10.2 Å². The summed E-state index contributed by atoms with van der Waals surface area (Å²) in [4.78, 5) is -0.0846. The molecule has 20 heavy (non-hydrogen) atoms. The van der Waals surface area contributed by atoms with Crippen molar-refractivity contribution in [2.75, 3.05) is 5.73 Å². The van der Waals surface area contributed by atoms with Crippen molar-refractivity contribution in [3.63, 3.8) is 0 Å². The lowest BCUT2D eigenvalue weighted by atomic mass is 10.2. The van der Waals surface area contributed by atoms with Gasteiger partial charge < -0.3 is 10.3 Å². The van der Waals surface area contributed by atoms with E-state index in [1.165, 1.54) is 0 Å². The van der Waals surface area contributed by atoms with Gasteiger partial charge in [-0.3, -0.25) is 0 Å². The molecule has 0 saturated heterocycles. The molecule has 1 aliphatic heterocycles. The topological polar surface area (TPSA) is 56.7 Å². The molecular formula is C13H14F2N4S. The zero-order valence-electron chi connectivity index (χ0n) is 10.8. The summed E-state index contributed by atoms with van der Waals surface area (Å²) in [7, 11) is 0. The lowest BCUT2D eigenvalue weighted by Gasteiger charge is -2.08. The number of aryl methyl sites for hydroxylation is 1. The molecule has 1 aromatic heterocycles. The lowest BCUT2D eigenvalue weighted by Crippen LogP contribution is -2.03. The molecule has 0 amide bonds. The number of hydrogen-bond acceptors (Lipinski definition) is 4. The number of fused-ring (bicyclic) bond motifs is 1. The molecule has 0 spiro atoms. The molecule has 0 atom stereocenters. The van der Waals surface area contributed by atoms with Gasteiger partial charge in [0.05, 0.1) is 4.90 Å². The van der Waals surface area contributed by atoms with Gasteiger partial charge in [-0.05, 0) is 36.7 Å². The van der Waals surface area contributed by atoms with Crippen LogP contribution in [0.2, 0.25) is 0 Å². The second-order valence-electron chi connectivity index (χ2n) is 4.78. The first kappa shape index (κ1) is 13.4. The number of anilines is 1. The molecule has 0 radical (unpaired) electrons. The van der Waals surface area contributed by atoms with E-state index >= 15 is 0 Å². The Morgan fingerprint density at radius 3 is 2.60 bits per heavy atom. The van der Waals surface area contributed by atoms with E-state index in [-0.39, 0.29) is 10.6 Å². The number of halogens is 2. The number of nitrogen functional groups attached to an aromatic ring is 1. The third-order valence-electron chi connectivity index (χ3n) is 3.29. The summed E-state index contributed by atoms with van der Waals surface area (Å²) < 4.78 is 29.6. The van der Waals surface area contributed by atoms with Crippen LogP contribution in [0.3, 0.4) is 0 Å². The molecule has 0 bridgehead atoms. The number of rotatable bonds is 2. The lowest BCUT2D eigenvalue weighted by molar-refractivity contribution is 0.539. The van der Waals surface area contributed by atoms with Crippen molar-refractivity contribution in [3.05, 3.63) is 29.6 Å². The van der Waals surface area contributed by atoms with Gasteiger partial charge in [0, 0.05) is 18.7 Å². The minimum Gasteiger partial charge on any atom is -0.399 e. The Morgan fingerprint density at radius 2 is 1.85 bits per heavy atom. The Morgan fingerprint density at radius 1 is 1.10 bits per heavy atom. The van der Waals surface area contributed by atoms with Crippen LogP contribution in [0.25, 0.3) is 0 Å². The molecule has 2 aromatic rings. The number of nitrogens with two attached hydrogens (primary N) is 1. The van der Waals surface area contributed by atoms with E-state index in [4.69, 9.17) is 5.73 Å². The second kappa shape index (κ2) is 5.40. The van der Waals surface area contributed by atoms with Crippen LogP contribution < -0.4 is 5.73 Å². The predicted octanol–water partition coefficient (Wildman–Crippen LogP) is 3.02. The van der Waals surface area contributed by atoms with E-state index in [0.29, 0.717) is 5.16 Å². The molecular weight excluding hydrogens is 282 g/mol. The molecule has 2 heterocycles. The highest BCUT2D eigenvalue weighted by Gasteiger charge is 2.19. The van der Waals surface area contributed by atoms with Crippen LogP contribution in [-0.4, -0.2) is 14.8 Å². The van der Waals surface area contributed by atoms with E-state index in [1.807, 2.05) is 4.57 Å². The molecule has 0 saturated carbocycles. The summed E-state index contributed by atoms with van der Waals surface area (Å²) in [5, 5.41) is 8.69. The maximum Gasteiger partial charge on any atom is 0.196 e. The Bertz CT molecular complexity index is 618. The standard InChI is InChI=1S/C13H14F2N4S/c14-9-6-8(16)7-10(15)12(9)20-13-18-17-11-4-2-1-3-5-19(11)13/h6-7H,1-5,16H2. The van der Waals surface area contributed by atoms with Crippen molar-refractivity contribution >= 4 is 17.4 Å². The fourth-order valence-electron chi connectivity index (χ4n) is 2.30. The SMILES string of the molecule is Nc1cc(F)c(Sc2nnc3n2CCCCC3)c(F)c1. The van der Waals surface area contributed by atoms with Gasteiger partial charge in [-0.25, -0.2) is 8.78 Å². The van der Waals surface area contributed by atoms with E-state index in [9.17, 15) is 8.78 Å².